The highest BCUT2D eigenvalue weighted by atomic mass is 35.5. The maximum atomic E-state index is 13.1. The lowest BCUT2D eigenvalue weighted by Crippen LogP contribution is -2.32. The topological polar surface area (TPSA) is 125 Å². The van der Waals surface area contributed by atoms with Crippen LogP contribution in [0.2, 0.25) is 5.02 Å². The fraction of sp³-hybridized carbons (Fsp3) is 0.154. The quantitative estimate of drug-likeness (QED) is 0.333. The molecule has 1 aromatic heterocycles. The Kier molecular flexibility index (Phi) is 6.31. The lowest BCUT2D eigenvalue weighted by Gasteiger charge is -2.19. The SMILES string of the molecule is NCc1ccc(C(=O)NC(c2ccc(Cl)cc2)c2nc3ccc(C4C=NNC4)cc3c(=O)[nH]2)cc1. The van der Waals surface area contributed by atoms with Crippen LogP contribution in [0, 0.1) is 0 Å². The number of hydrogen-bond donors (Lipinski definition) is 4. The number of nitrogens with two attached hydrogens (primary N) is 1. The summed E-state index contributed by atoms with van der Waals surface area (Å²) in [5.74, 6) is 0.124. The van der Waals surface area contributed by atoms with Gasteiger partial charge in [0.05, 0.1) is 10.9 Å². The van der Waals surface area contributed by atoms with Crippen molar-refractivity contribution >= 4 is 34.6 Å². The molecule has 5 N–H and O–H groups in total. The van der Waals surface area contributed by atoms with Gasteiger partial charge in [0, 0.05) is 35.8 Å². The second kappa shape index (κ2) is 9.69. The summed E-state index contributed by atoms with van der Waals surface area (Å²) in [4.78, 5) is 33.8. The molecule has 1 amide bonds. The van der Waals surface area contributed by atoms with Crippen LogP contribution in [0.1, 0.15) is 44.8 Å². The molecule has 2 atom stereocenters. The molecule has 3 aromatic carbocycles. The van der Waals surface area contributed by atoms with Gasteiger partial charge in [0.2, 0.25) is 0 Å². The number of aromatic amines is 1. The van der Waals surface area contributed by atoms with Gasteiger partial charge in [-0.3, -0.25) is 9.59 Å². The van der Waals surface area contributed by atoms with Crippen LogP contribution in [-0.2, 0) is 6.54 Å². The van der Waals surface area contributed by atoms with Gasteiger partial charge in [-0.05, 0) is 53.1 Å². The Morgan fingerprint density at radius 1 is 1.11 bits per heavy atom. The highest BCUT2D eigenvalue weighted by Crippen LogP contribution is 2.24. The number of carbonyl (C=O) groups is 1. The molecule has 1 aliphatic rings. The number of nitrogens with zero attached hydrogens (tertiary/aromatic N) is 2. The number of amides is 1. The zero-order valence-electron chi connectivity index (χ0n) is 18.7. The predicted octanol–water partition coefficient (Wildman–Crippen LogP) is 3.23. The standard InChI is InChI=1S/C26H23ClN6O2/c27-20-8-5-16(6-9-20)23(32-25(34)17-3-1-15(12-28)2-4-17)24-31-22-10-7-18(19-13-29-30-14-19)11-21(22)26(35)33-24/h1-11,13,19,23,30H,12,14,28H2,(H,32,34)(H,31,33,35). The Morgan fingerprint density at radius 3 is 2.57 bits per heavy atom. The maximum Gasteiger partial charge on any atom is 0.258 e. The molecule has 0 bridgehead atoms. The second-order valence-electron chi connectivity index (χ2n) is 8.33. The van der Waals surface area contributed by atoms with Crippen LogP contribution in [0.3, 0.4) is 0 Å². The minimum absolute atomic E-state index is 0.102. The third-order valence-electron chi connectivity index (χ3n) is 6.04. The Hall–Kier alpha value is -4.01. The first-order valence-electron chi connectivity index (χ1n) is 11.2. The van der Waals surface area contributed by atoms with E-state index in [0.717, 1.165) is 16.7 Å². The summed E-state index contributed by atoms with van der Waals surface area (Å²) in [7, 11) is 0. The summed E-state index contributed by atoms with van der Waals surface area (Å²) in [6, 6.07) is 19.0. The molecular weight excluding hydrogens is 464 g/mol. The summed E-state index contributed by atoms with van der Waals surface area (Å²) < 4.78 is 0. The summed E-state index contributed by atoms with van der Waals surface area (Å²) in [6.45, 7) is 1.08. The number of hydrogen-bond acceptors (Lipinski definition) is 6. The average Bonchev–Trinajstić information content (AvgIpc) is 3.43. The van der Waals surface area contributed by atoms with Crippen molar-refractivity contribution in [3.63, 3.8) is 0 Å². The van der Waals surface area contributed by atoms with Crippen molar-refractivity contribution in [1.29, 1.82) is 0 Å². The number of H-pyrrole nitrogens is 1. The van der Waals surface area contributed by atoms with E-state index in [9.17, 15) is 9.59 Å². The van der Waals surface area contributed by atoms with Crippen molar-refractivity contribution in [1.82, 2.24) is 20.7 Å². The van der Waals surface area contributed by atoms with E-state index in [2.05, 4.69) is 20.8 Å². The van der Waals surface area contributed by atoms with Crippen molar-refractivity contribution < 1.29 is 4.79 Å². The summed E-state index contributed by atoms with van der Waals surface area (Å²) in [6.07, 6.45) is 1.82. The van der Waals surface area contributed by atoms with Crippen molar-refractivity contribution in [3.05, 3.63) is 110 Å². The number of aromatic nitrogens is 2. The molecular formula is C26H23ClN6O2. The molecule has 5 rings (SSSR count). The van der Waals surface area contributed by atoms with Crippen LogP contribution in [0.25, 0.3) is 10.9 Å². The molecule has 0 spiro atoms. The van der Waals surface area contributed by atoms with Crippen LogP contribution in [-0.4, -0.2) is 28.6 Å². The smallest absolute Gasteiger partial charge is 0.258 e. The van der Waals surface area contributed by atoms with E-state index in [0.29, 0.717) is 40.4 Å². The summed E-state index contributed by atoms with van der Waals surface area (Å²) in [5, 5.41) is 8.09. The first-order chi connectivity index (χ1) is 17.0. The first-order valence-corrected chi connectivity index (χ1v) is 11.5. The van der Waals surface area contributed by atoms with Gasteiger partial charge in [0.25, 0.3) is 11.5 Å². The largest absolute Gasteiger partial charge is 0.338 e. The highest BCUT2D eigenvalue weighted by Gasteiger charge is 2.22. The Morgan fingerprint density at radius 2 is 1.89 bits per heavy atom. The van der Waals surface area contributed by atoms with Gasteiger partial charge >= 0.3 is 0 Å². The zero-order chi connectivity index (χ0) is 24.4. The van der Waals surface area contributed by atoms with E-state index in [1.54, 1.807) is 36.4 Å². The van der Waals surface area contributed by atoms with Crippen LogP contribution >= 0.6 is 11.6 Å². The normalized spacial score (nSPS) is 15.7. The third kappa shape index (κ3) is 4.80. The molecule has 176 valence electrons. The minimum atomic E-state index is -0.697. The molecule has 4 aromatic rings. The Bertz CT molecular complexity index is 1460. The molecule has 0 radical (unpaired) electrons. The Labute approximate surface area is 206 Å². The fourth-order valence-electron chi connectivity index (χ4n) is 4.06. The second-order valence-corrected chi connectivity index (χ2v) is 8.77. The van der Waals surface area contributed by atoms with E-state index in [1.165, 1.54) is 0 Å². The summed E-state index contributed by atoms with van der Waals surface area (Å²) >= 11 is 6.08. The fourth-order valence-corrected chi connectivity index (χ4v) is 4.19. The number of carbonyl (C=O) groups excluding carboxylic acids is 1. The number of benzene rings is 3. The molecule has 35 heavy (non-hydrogen) atoms. The lowest BCUT2D eigenvalue weighted by atomic mass is 9.99. The van der Waals surface area contributed by atoms with E-state index < -0.39 is 6.04 Å². The van der Waals surface area contributed by atoms with Crippen LogP contribution in [0.15, 0.2) is 76.6 Å². The number of hydrazone groups is 1. The van der Waals surface area contributed by atoms with Crippen LogP contribution < -0.4 is 22.0 Å². The van der Waals surface area contributed by atoms with Gasteiger partial charge in [-0.1, -0.05) is 41.9 Å². The maximum absolute atomic E-state index is 13.1. The van der Waals surface area contributed by atoms with Crippen molar-refractivity contribution in [2.24, 2.45) is 10.8 Å². The number of fused-ring (bicyclic) bond motifs is 1. The average molecular weight is 487 g/mol. The molecule has 2 unspecified atom stereocenters. The number of halogens is 1. The van der Waals surface area contributed by atoms with E-state index in [1.807, 2.05) is 36.5 Å². The van der Waals surface area contributed by atoms with Gasteiger partial charge in [0.15, 0.2) is 0 Å². The van der Waals surface area contributed by atoms with Gasteiger partial charge < -0.3 is 21.5 Å². The van der Waals surface area contributed by atoms with Gasteiger partial charge in [-0.2, -0.15) is 5.10 Å². The van der Waals surface area contributed by atoms with E-state index in [4.69, 9.17) is 22.3 Å². The van der Waals surface area contributed by atoms with Crippen LogP contribution in [0.5, 0.6) is 0 Å². The number of nitrogens with one attached hydrogen (secondary N) is 3. The van der Waals surface area contributed by atoms with E-state index >= 15 is 0 Å². The highest BCUT2D eigenvalue weighted by molar-refractivity contribution is 6.30. The molecule has 1 aliphatic heterocycles. The predicted molar refractivity (Wildman–Crippen MR) is 137 cm³/mol. The molecule has 0 aliphatic carbocycles. The zero-order valence-corrected chi connectivity index (χ0v) is 19.4. The number of rotatable bonds is 6. The summed E-state index contributed by atoms with van der Waals surface area (Å²) in [5.41, 5.74) is 12.0. The van der Waals surface area contributed by atoms with Crippen molar-refractivity contribution in [2.75, 3.05) is 6.54 Å². The van der Waals surface area contributed by atoms with E-state index in [-0.39, 0.29) is 17.4 Å². The molecule has 0 saturated heterocycles. The first kappa shape index (κ1) is 22.8. The molecule has 0 saturated carbocycles. The third-order valence-corrected chi connectivity index (χ3v) is 6.29. The van der Waals surface area contributed by atoms with Gasteiger partial charge in [-0.25, -0.2) is 4.98 Å². The molecule has 2 heterocycles. The van der Waals surface area contributed by atoms with Crippen LogP contribution in [0.4, 0.5) is 0 Å². The van der Waals surface area contributed by atoms with Crippen molar-refractivity contribution in [2.45, 2.75) is 18.5 Å². The van der Waals surface area contributed by atoms with Gasteiger partial charge in [0.1, 0.15) is 11.9 Å². The molecule has 8 nitrogen and oxygen atoms in total. The van der Waals surface area contributed by atoms with Crippen molar-refractivity contribution in [3.8, 4) is 0 Å². The van der Waals surface area contributed by atoms with Gasteiger partial charge in [-0.15, -0.1) is 0 Å². The molecule has 9 heteroatoms. The lowest BCUT2D eigenvalue weighted by molar-refractivity contribution is 0.0941. The minimum Gasteiger partial charge on any atom is -0.338 e. The Balaban J connectivity index is 1.53. The molecule has 0 fully saturated rings. The monoisotopic (exact) mass is 486 g/mol.